The molecule has 0 radical (unpaired) electrons. The Bertz CT molecular complexity index is 1300. The monoisotopic (exact) mass is 533 g/mol. The predicted octanol–water partition coefficient (Wildman–Crippen LogP) is 4.82. The summed E-state index contributed by atoms with van der Waals surface area (Å²) in [4.78, 5) is 25.7. The number of aliphatic hydroxyl groups excluding tert-OH is 1. The summed E-state index contributed by atoms with van der Waals surface area (Å²) in [6.45, 7) is 1.86. The summed E-state index contributed by atoms with van der Waals surface area (Å²) < 4.78 is 31.1. The fraction of sp³-hybridized carbons (Fsp3) is 0.520. The van der Waals surface area contributed by atoms with E-state index in [-0.39, 0.29) is 40.8 Å². The SMILES string of the molecule is C[C@]1(C(N)=O)CC[C@@H](n2c(Nc3c(F)cc(Cl)cc3F)nc3cnc(N[C@H]4CCC[C@@H](O)C4)nc32)CC1. The third-order valence-electron chi connectivity index (χ3n) is 7.67. The molecule has 198 valence electrons. The Labute approximate surface area is 217 Å². The van der Waals surface area contributed by atoms with Gasteiger partial charge in [0.1, 0.15) is 11.2 Å². The normalized spacial score (nSPS) is 26.2. The highest BCUT2D eigenvalue weighted by Gasteiger charge is 2.38. The number of nitrogens with one attached hydrogen (secondary N) is 2. The molecule has 0 bridgehead atoms. The van der Waals surface area contributed by atoms with E-state index in [0.29, 0.717) is 49.2 Å². The lowest BCUT2D eigenvalue weighted by atomic mass is 9.73. The van der Waals surface area contributed by atoms with E-state index in [9.17, 15) is 18.7 Å². The summed E-state index contributed by atoms with van der Waals surface area (Å²) in [5, 5.41) is 16.1. The Hall–Kier alpha value is -3.05. The van der Waals surface area contributed by atoms with E-state index in [4.69, 9.17) is 22.3 Å². The minimum atomic E-state index is -0.849. The molecule has 2 saturated carbocycles. The van der Waals surface area contributed by atoms with Gasteiger partial charge in [-0.3, -0.25) is 9.36 Å². The van der Waals surface area contributed by atoms with Gasteiger partial charge in [-0.05, 0) is 63.5 Å². The Morgan fingerprint density at radius 1 is 1.19 bits per heavy atom. The van der Waals surface area contributed by atoms with Gasteiger partial charge in [-0.1, -0.05) is 18.5 Å². The minimum absolute atomic E-state index is 0.0402. The number of rotatable bonds is 6. The molecule has 5 N–H and O–H groups in total. The highest BCUT2D eigenvalue weighted by Crippen LogP contribution is 2.43. The molecule has 0 unspecified atom stereocenters. The molecule has 2 atom stereocenters. The van der Waals surface area contributed by atoms with Crippen molar-refractivity contribution in [3.05, 3.63) is 35.0 Å². The molecule has 1 aromatic carbocycles. The number of imidazole rings is 1. The molecule has 0 saturated heterocycles. The summed E-state index contributed by atoms with van der Waals surface area (Å²) in [6.07, 6.45) is 6.73. The van der Waals surface area contributed by atoms with Crippen LogP contribution in [0.5, 0.6) is 0 Å². The number of anilines is 3. The van der Waals surface area contributed by atoms with E-state index < -0.39 is 17.0 Å². The molecule has 2 aliphatic carbocycles. The molecule has 2 aromatic heterocycles. The Balaban J connectivity index is 1.52. The molecule has 1 amide bonds. The first-order valence-corrected chi connectivity index (χ1v) is 12.9. The zero-order valence-electron chi connectivity index (χ0n) is 20.5. The van der Waals surface area contributed by atoms with Crippen LogP contribution in [0.2, 0.25) is 5.02 Å². The Kier molecular flexibility index (Phi) is 6.93. The van der Waals surface area contributed by atoms with E-state index in [1.807, 2.05) is 11.5 Å². The number of amides is 1. The summed E-state index contributed by atoms with van der Waals surface area (Å²) >= 11 is 5.79. The van der Waals surface area contributed by atoms with Crippen molar-refractivity contribution < 1.29 is 18.7 Å². The van der Waals surface area contributed by atoms with Gasteiger partial charge in [0.05, 0.1) is 12.3 Å². The van der Waals surface area contributed by atoms with Crippen LogP contribution in [0, 0.1) is 17.0 Å². The summed E-state index contributed by atoms with van der Waals surface area (Å²) in [5.74, 6) is -1.44. The fourth-order valence-electron chi connectivity index (χ4n) is 5.39. The average molecular weight is 534 g/mol. The number of primary amides is 1. The Morgan fingerprint density at radius 3 is 2.54 bits per heavy atom. The number of fused-ring (bicyclic) bond motifs is 1. The number of benzene rings is 1. The first-order chi connectivity index (χ1) is 17.6. The van der Waals surface area contributed by atoms with Crippen molar-refractivity contribution in [2.75, 3.05) is 10.6 Å². The standard InChI is InChI=1S/C25H30ClF2N7O2/c1-25(22(29)37)7-5-15(6-8-25)35-21-19(12-30-23(34-21)31-14-3-2-4-16(36)11-14)32-24(35)33-20-17(27)9-13(26)10-18(20)28/h9-10,12,14-16,36H,2-8,11H2,1H3,(H2,29,37)(H,32,33)(H,30,31,34)/t14-,15-,16+,25+/m0/s1. The van der Waals surface area contributed by atoms with E-state index in [1.54, 1.807) is 6.20 Å². The second kappa shape index (κ2) is 10.0. The summed E-state index contributed by atoms with van der Waals surface area (Å²) in [6, 6.07) is 1.95. The zero-order chi connectivity index (χ0) is 26.3. The molecule has 5 rings (SSSR count). The number of hydrogen-bond acceptors (Lipinski definition) is 7. The second-order valence-electron chi connectivity index (χ2n) is 10.4. The number of aromatic nitrogens is 4. The number of hydrogen-bond donors (Lipinski definition) is 4. The zero-order valence-corrected chi connectivity index (χ0v) is 21.2. The van der Waals surface area contributed by atoms with E-state index in [2.05, 4.69) is 20.6 Å². The van der Waals surface area contributed by atoms with Crippen LogP contribution in [0.1, 0.15) is 64.3 Å². The number of aliphatic hydroxyl groups is 1. The highest BCUT2D eigenvalue weighted by molar-refractivity contribution is 6.30. The van der Waals surface area contributed by atoms with Crippen LogP contribution in [-0.4, -0.2) is 42.7 Å². The van der Waals surface area contributed by atoms with Crippen molar-refractivity contribution in [1.29, 1.82) is 0 Å². The second-order valence-corrected chi connectivity index (χ2v) is 10.8. The molecule has 0 spiro atoms. The molecular weight excluding hydrogens is 504 g/mol. The smallest absolute Gasteiger partial charge is 0.224 e. The van der Waals surface area contributed by atoms with Crippen molar-refractivity contribution in [2.24, 2.45) is 11.1 Å². The average Bonchev–Trinajstić information content (AvgIpc) is 3.19. The third-order valence-corrected chi connectivity index (χ3v) is 7.89. The number of carbonyl (C=O) groups is 1. The lowest BCUT2D eigenvalue weighted by molar-refractivity contribution is -0.128. The van der Waals surface area contributed by atoms with Crippen LogP contribution in [0.3, 0.4) is 0 Å². The maximum absolute atomic E-state index is 14.6. The topological polar surface area (TPSA) is 131 Å². The van der Waals surface area contributed by atoms with Gasteiger partial charge < -0.3 is 21.5 Å². The van der Waals surface area contributed by atoms with Crippen LogP contribution in [0.25, 0.3) is 11.2 Å². The van der Waals surface area contributed by atoms with Gasteiger partial charge in [-0.15, -0.1) is 0 Å². The van der Waals surface area contributed by atoms with Crippen molar-refractivity contribution >= 4 is 46.3 Å². The number of carbonyl (C=O) groups excluding carboxylic acids is 1. The van der Waals surface area contributed by atoms with Gasteiger partial charge in [0.2, 0.25) is 17.8 Å². The molecule has 9 nitrogen and oxygen atoms in total. The Morgan fingerprint density at radius 2 is 1.89 bits per heavy atom. The van der Waals surface area contributed by atoms with Gasteiger partial charge in [0.15, 0.2) is 17.3 Å². The van der Waals surface area contributed by atoms with Crippen LogP contribution in [0.4, 0.5) is 26.4 Å². The lowest BCUT2D eigenvalue weighted by Crippen LogP contribution is -2.38. The van der Waals surface area contributed by atoms with Gasteiger partial charge >= 0.3 is 0 Å². The number of nitrogens with two attached hydrogens (primary N) is 1. The van der Waals surface area contributed by atoms with Crippen molar-refractivity contribution in [1.82, 2.24) is 19.5 Å². The molecule has 37 heavy (non-hydrogen) atoms. The molecule has 2 aliphatic rings. The van der Waals surface area contributed by atoms with Crippen LogP contribution in [0.15, 0.2) is 18.3 Å². The van der Waals surface area contributed by atoms with E-state index in [0.717, 1.165) is 31.4 Å². The molecule has 2 fully saturated rings. The summed E-state index contributed by atoms with van der Waals surface area (Å²) in [7, 11) is 0. The number of nitrogens with zero attached hydrogens (tertiary/aromatic N) is 4. The van der Waals surface area contributed by atoms with E-state index in [1.165, 1.54) is 0 Å². The van der Waals surface area contributed by atoms with Gasteiger partial charge in [-0.2, -0.15) is 4.98 Å². The first-order valence-electron chi connectivity index (χ1n) is 12.5. The largest absolute Gasteiger partial charge is 0.393 e. The summed E-state index contributed by atoms with van der Waals surface area (Å²) in [5.41, 5.74) is 5.61. The van der Waals surface area contributed by atoms with Crippen molar-refractivity contribution in [3.8, 4) is 0 Å². The lowest BCUT2D eigenvalue weighted by Gasteiger charge is -2.35. The number of halogens is 3. The maximum Gasteiger partial charge on any atom is 0.224 e. The van der Waals surface area contributed by atoms with Gasteiger partial charge in [0.25, 0.3) is 0 Å². The van der Waals surface area contributed by atoms with Crippen molar-refractivity contribution in [3.63, 3.8) is 0 Å². The van der Waals surface area contributed by atoms with Crippen LogP contribution < -0.4 is 16.4 Å². The minimum Gasteiger partial charge on any atom is -0.393 e. The molecule has 2 heterocycles. The quantitative estimate of drug-likeness (QED) is 0.357. The first kappa shape index (κ1) is 25.6. The van der Waals surface area contributed by atoms with Crippen molar-refractivity contribution in [2.45, 2.75) is 76.5 Å². The molecule has 12 heteroatoms. The van der Waals surface area contributed by atoms with Gasteiger partial charge in [-0.25, -0.2) is 18.7 Å². The third kappa shape index (κ3) is 5.19. The van der Waals surface area contributed by atoms with Gasteiger partial charge in [0, 0.05) is 22.5 Å². The maximum atomic E-state index is 14.6. The van der Waals surface area contributed by atoms with E-state index >= 15 is 0 Å². The molecule has 3 aromatic rings. The molecule has 0 aliphatic heterocycles. The van der Waals surface area contributed by atoms with Crippen LogP contribution >= 0.6 is 11.6 Å². The fourth-order valence-corrected chi connectivity index (χ4v) is 5.58. The molecular formula is C25H30ClF2N7O2. The van der Waals surface area contributed by atoms with Crippen LogP contribution in [-0.2, 0) is 4.79 Å². The predicted molar refractivity (Wildman–Crippen MR) is 137 cm³/mol. The highest BCUT2D eigenvalue weighted by atomic mass is 35.5.